The Labute approximate surface area is 113 Å². The molecule has 4 heteroatoms. The molecular formula is C15H20N2O2. The molecule has 1 N–H and O–H groups in total. The molecule has 3 rings (SSSR count). The van der Waals surface area contributed by atoms with Gasteiger partial charge in [0.05, 0.1) is 0 Å². The topological polar surface area (TPSA) is 43.8 Å². The van der Waals surface area contributed by atoms with Crippen molar-refractivity contribution in [2.45, 2.75) is 31.8 Å². The lowest BCUT2D eigenvalue weighted by molar-refractivity contribution is -0.142. The summed E-state index contributed by atoms with van der Waals surface area (Å²) in [5, 5.41) is 9.20. The first-order valence-corrected chi connectivity index (χ1v) is 6.95. The molecular weight excluding hydrogens is 240 g/mol. The second-order valence-electron chi connectivity index (χ2n) is 5.60. The van der Waals surface area contributed by atoms with Gasteiger partial charge in [0, 0.05) is 25.8 Å². The van der Waals surface area contributed by atoms with Crippen molar-refractivity contribution in [1.82, 2.24) is 4.90 Å². The lowest BCUT2D eigenvalue weighted by Gasteiger charge is -2.21. The van der Waals surface area contributed by atoms with Gasteiger partial charge in [-0.2, -0.15) is 0 Å². The van der Waals surface area contributed by atoms with Gasteiger partial charge < -0.3 is 10.0 Å². The van der Waals surface area contributed by atoms with Crippen LogP contribution in [0.3, 0.4) is 0 Å². The fraction of sp³-hybridized carbons (Fsp3) is 0.533. The van der Waals surface area contributed by atoms with Crippen molar-refractivity contribution in [2.75, 3.05) is 25.0 Å². The normalized spacial score (nSPS) is 22.8. The standard InChI is InChI=1S/C15H20N2O2/c1-16-8-6-12-9-11(4-5-13(12)16)10-17-7-2-3-14(17)15(18)19/h4-5,9,14H,2-3,6-8,10H2,1H3,(H,18,19). The van der Waals surface area contributed by atoms with Gasteiger partial charge in [0.25, 0.3) is 0 Å². The van der Waals surface area contributed by atoms with Gasteiger partial charge in [0.15, 0.2) is 0 Å². The highest BCUT2D eigenvalue weighted by molar-refractivity contribution is 5.73. The summed E-state index contributed by atoms with van der Waals surface area (Å²) in [6, 6.07) is 6.26. The van der Waals surface area contributed by atoms with E-state index in [9.17, 15) is 9.90 Å². The van der Waals surface area contributed by atoms with Gasteiger partial charge in [-0.1, -0.05) is 12.1 Å². The highest BCUT2D eigenvalue weighted by Crippen LogP contribution is 2.28. The van der Waals surface area contributed by atoms with Crippen LogP contribution in [0.4, 0.5) is 5.69 Å². The quantitative estimate of drug-likeness (QED) is 0.899. The van der Waals surface area contributed by atoms with E-state index in [1.54, 1.807) is 0 Å². The largest absolute Gasteiger partial charge is 0.480 e. The number of benzene rings is 1. The maximum Gasteiger partial charge on any atom is 0.320 e. The number of rotatable bonds is 3. The van der Waals surface area contributed by atoms with Gasteiger partial charge in [-0.05, 0) is 43.0 Å². The predicted molar refractivity (Wildman–Crippen MR) is 74.5 cm³/mol. The SMILES string of the molecule is CN1CCc2cc(CN3CCCC3C(=O)O)ccc21. The molecule has 0 saturated carbocycles. The molecule has 0 aliphatic carbocycles. The van der Waals surface area contributed by atoms with Crippen molar-refractivity contribution in [3.63, 3.8) is 0 Å². The Morgan fingerprint density at radius 3 is 3.05 bits per heavy atom. The summed E-state index contributed by atoms with van der Waals surface area (Å²) in [7, 11) is 2.12. The van der Waals surface area contributed by atoms with Crippen molar-refractivity contribution in [1.29, 1.82) is 0 Å². The first kappa shape index (κ1) is 12.5. The molecule has 1 atom stereocenters. The monoisotopic (exact) mass is 260 g/mol. The minimum atomic E-state index is -0.682. The maximum atomic E-state index is 11.2. The number of hydrogen-bond acceptors (Lipinski definition) is 3. The molecule has 2 aliphatic rings. The molecule has 2 heterocycles. The van der Waals surface area contributed by atoms with Crippen LogP contribution >= 0.6 is 0 Å². The zero-order valence-corrected chi connectivity index (χ0v) is 11.3. The van der Waals surface area contributed by atoms with Gasteiger partial charge in [0.2, 0.25) is 0 Å². The number of aliphatic carboxylic acids is 1. The van der Waals surface area contributed by atoms with Crippen molar-refractivity contribution >= 4 is 11.7 Å². The minimum absolute atomic E-state index is 0.295. The Balaban J connectivity index is 1.75. The molecule has 0 radical (unpaired) electrons. The molecule has 1 aromatic rings. The van der Waals surface area contributed by atoms with Gasteiger partial charge in [0.1, 0.15) is 6.04 Å². The van der Waals surface area contributed by atoms with Crippen molar-refractivity contribution in [2.24, 2.45) is 0 Å². The molecule has 0 amide bonds. The van der Waals surface area contributed by atoms with E-state index in [1.807, 2.05) is 0 Å². The highest BCUT2D eigenvalue weighted by atomic mass is 16.4. The molecule has 1 saturated heterocycles. The fourth-order valence-electron chi connectivity index (χ4n) is 3.25. The molecule has 102 valence electrons. The van der Waals surface area contributed by atoms with Gasteiger partial charge >= 0.3 is 5.97 Å². The molecule has 4 nitrogen and oxygen atoms in total. The van der Waals surface area contributed by atoms with Crippen LogP contribution in [-0.4, -0.2) is 42.2 Å². The molecule has 0 spiro atoms. The molecule has 1 aromatic carbocycles. The second-order valence-corrected chi connectivity index (χ2v) is 5.60. The van der Waals surface area contributed by atoms with E-state index in [-0.39, 0.29) is 6.04 Å². The minimum Gasteiger partial charge on any atom is -0.480 e. The summed E-state index contributed by atoms with van der Waals surface area (Å²) in [5.74, 6) is -0.682. The number of hydrogen-bond donors (Lipinski definition) is 1. The van der Waals surface area contributed by atoms with E-state index in [4.69, 9.17) is 0 Å². The summed E-state index contributed by atoms with van der Waals surface area (Å²) in [6.07, 6.45) is 2.87. The number of anilines is 1. The third-order valence-corrected chi connectivity index (χ3v) is 4.31. The van der Waals surface area contributed by atoms with Crippen molar-refractivity contribution < 1.29 is 9.90 Å². The van der Waals surface area contributed by atoms with E-state index in [1.165, 1.54) is 16.8 Å². The Morgan fingerprint density at radius 1 is 1.42 bits per heavy atom. The van der Waals surface area contributed by atoms with Crippen LogP contribution in [0.1, 0.15) is 24.0 Å². The van der Waals surface area contributed by atoms with Crippen LogP contribution in [0.5, 0.6) is 0 Å². The molecule has 19 heavy (non-hydrogen) atoms. The van der Waals surface area contributed by atoms with Crippen LogP contribution in [-0.2, 0) is 17.8 Å². The average molecular weight is 260 g/mol. The van der Waals surface area contributed by atoms with Crippen LogP contribution in [0, 0.1) is 0 Å². The summed E-state index contributed by atoms with van der Waals surface area (Å²) >= 11 is 0. The van der Waals surface area contributed by atoms with Crippen LogP contribution in [0.2, 0.25) is 0 Å². The fourth-order valence-corrected chi connectivity index (χ4v) is 3.25. The number of carboxylic acid groups (broad SMARTS) is 1. The van der Waals surface area contributed by atoms with E-state index >= 15 is 0 Å². The lowest BCUT2D eigenvalue weighted by atomic mass is 10.1. The average Bonchev–Trinajstić information content (AvgIpc) is 2.97. The second kappa shape index (κ2) is 4.85. The third kappa shape index (κ3) is 2.32. The molecule has 0 aromatic heterocycles. The number of fused-ring (bicyclic) bond motifs is 1. The van der Waals surface area contributed by atoms with Crippen molar-refractivity contribution in [3.05, 3.63) is 29.3 Å². The maximum absolute atomic E-state index is 11.2. The van der Waals surface area contributed by atoms with Crippen LogP contribution in [0.15, 0.2) is 18.2 Å². The highest BCUT2D eigenvalue weighted by Gasteiger charge is 2.30. The molecule has 1 fully saturated rings. The first-order valence-electron chi connectivity index (χ1n) is 6.95. The predicted octanol–water partition coefficient (Wildman–Crippen LogP) is 1.73. The Morgan fingerprint density at radius 2 is 2.26 bits per heavy atom. The molecule has 1 unspecified atom stereocenters. The van der Waals surface area contributed by atoms with Gasteiger partial charge in [-0.15, -0.1) is 0 Å². The Bertz CT molecular complexity index is 501. The van der Waals surface area contributed by atoms with Crippen LogP contribution in [0.25, 0.3) is 0 Å². The Kier molecular flexibility index (Phi) is 3.19. The molecule has 0 bridgehead atoms. The summed E-state index contributed by atoms with van der Waals surface area (Å²) in [5.41, 5.74) is 3.95. The summed E-state index contributed by atoms with van der Waals surface area (Å²) in [6.45, 7) is 2.74. The van der Waals surface area contributed by atoms with Gasteiger partial charge in [-0.25, -0.2) is 0 Å². The number of likely N-dealkylation sites (tertiary alicyclic amines) is 1. The zero-order valence-electron chi connectivity index (χ0n) is 11.3. The number of carbonyl (C=O) groups is 1. The van der Waals surface area contributed by atoms with E-state index in [0.29, 0.717) is 0 Å². The van der Waals surface area contributed by atoms with Crippen molar-refractivity contribution in [3.8, 4) is 0 Å². The number of nitrogens with zero attached hydrogens (tertiary/aromatic N) is 2. The van der Waals surface area contributed by atoms with E-state index < -0.39 is 5.97 Å². The summed E-state index contributed by atoms with van der Waals surface area (Å²) in [4.78, 5) is 15.5. The van der Waals surface area contributed by atoms with E-state index in [2.05, 4.69) is 35.0 Å². The lowest BCUT2D eigenvalue weighted by Crippen LogP contribution is -2.35. The number of carboxylic acids is 1. The van der Waals surface area contributed by atoms with Gasteiger partial charge in [-0.3, -0.25) is 9.69 Å². The van der Waals surface area contributed by atoms with E-state index in [0.717, 1.165) is 38.9 Å². The van der Waals surface area contributed by atoms with Crippen LogP contribution < -0.4 is 4.90 Å². The third-order valence-electron chi connectivity index (χ3n) is 4.31. The Hall–Kier alpha value is -1.55. The zero-order chi connectivity index (χ0) is 13.4. The smallest absolute Gasteiger partial charge is 0.320 e. The first-order chi connectivity index (χ1) is 9.15. The number of likely N-dealkylation sites (N-methyl/N-ethyl adjacent to an activating group) is 1. The summed E-state index contributed by atoms with van der Waals surface area (Å²) < 4.78 is 0. The molecule has 2 aliphatic heterocycles.